The van der Waals surface area contributed by atoms with Crippen molar-refractivity contribution in [2.24, 2.45) is 0 Å². The van der Waals surface area contributed by atoms with Crippen molar-refractivity contribution in [3.63, 3.8) is 0 Å². The van der Waals surface area contributed by atoms with Crippen LogP contribution in [0.25, 0.3) is 0 Å². The van der Waals surface area contributed by atoms with Crippen molar-refractivity contribution in [2.75, 3.05) is 26.2 Å². The van der Waals surface area contributed by atoms with Crippen molar-refractivity contribution < 1.29 is 9.18 Å². The van der Waals surface area contributed by atoms with Gasteiger partial charge in [-0.2, -0.15) is 0 Å². The average Bonchev–Trinajstić information content (AvgIpc) is 2.37. The van der Waals surface area contributed by atoms with Gasteiger partial charge in [0.15, 0.2) is 5.78 Å². The van der Waals surface area contributed by atoms with Gasteiger partial charge in [0.1, 0.15) is 5.82 Å². The summed E-state index contributed by atoms with van der Waals surface area (Å²) < 4.78 is 13.5. The van der Waals surface area contributed by atoms with Crippen molar-refractivity contribution in [3.8, 4) is 0 Å². The van der Waals surface area contributed by atoms with Crippen LogP contribution in [0.4, 0.5) is 4.39 Å². The third-order valence-corrected chi connectivity index (χ3v) is 3.76. The lowest BCUT2D eigenvalue weighted by molar-refractivity contribution is 0.0781. The zero-order chi connectivity index (χ0) is 13.9. The highest BCUT2D eigenvalue weighted by molar-refractivity contribution is 5.96. The molecule has 0 unspecified atom stereocenters. The molecule has 0 atom stereocenters. The van der Waals surface area contributed by atoms with E-state index in [1.54, 1.807) is 18.2 Å². The number of carbonyl (C=O) groups is 1. The Bertz CT molecular complexity index is 469. The molecule has 0 amide bonds. The van der Waals surface area contributed by atoms with Gasteiger partial charge in [-0.25, -0.2) is 4.39 Å². The van der Waals surface area contributed by atoms with E-state index in [4.69, 9.17) is 0 Å². The average molecular weight is 337 g/mol. The number of nitrogens with zero attached hydrogens (tertiary/aromatic N) is 1. The van der Waals surface area contributed by atoms with Crippen LogP contribution in [0, 0.1) is 5.82 Å². The zero-order valence-corrected chi connectivity index (χ0v) is 14.0. The minimum Gasteiger partial charge on any atom is -0.314 e. The van der Waals surface area contributed by atoms with E-state index < -0.39 is 5.82 Å². The maximum atomic E-state index is 13.5. The Labute approximate surface area is 138 Å². The van der Waals surface area contributed by atoms with Gasteiger partial charge >= 0.3 is 0 Å². The quantitative estimate of drug-likeness (QED) is 0.858. The van der Waals surface area contributed by atoms with E-state index in [9.17, 15) is 9.18 Å². The Kier molecular flexibility index (Phi) is 8.41. The molecule has 1 N–H and O–H groups in total. The highest BCUT2D eigenvalue weighted by Gasteiger charge is 2.29. The molecule has 1 heterocycles. The predicted octanol–water partition coefficient (Wildman–Crippen LogP) is 2.93. The summed E-state index contributed by atoms with van der Waals surface area (Å²) >= 11 is 0. The molecule has 21 heavy (non-hydrogen) atoms. The summed E-state index contributed by atoms with van der Waals surface area (Å²) in [6, 6.07) is 6.19. The van der Waals surface area contributed by atoms with Gasteiger partial charge in [0.2, 0.25) is 0 Å². The maximum absolute atomic E-state index is 13.5. The number of hydrogen-bond donors (Lipinski definition) is 1. The van der Waals surface area contributed by atoms with Crippen LogP contribution in [-0.4, -0.2) is 42.4 Å². The Morgan fingerprint density at radius 1 is 1.33 bits per heavy atom. The molecule has 1 fully saturated rings. The minimum atomic E-state index is -0.424. The first-order valence-corrected chi connectivity index (χ1v) is 6.74. The second-order valence-electron chi connectivity index (χ2n) is 5.63. The van der Waals surface area contributed by atoms with Gasteiger partial charge in [-0.15, -0.1) is 24.8 Å². The summed E-state index contributed by atoms with van der Waals surface area (Å²) in [7, 11) is 0. The van der Waals surface area contributed by atoms with Crippen LogP contribution in [0.15, 0.2) is 24.3 Å². The molecule has 0 aliphatic carbocycles. The van der Waals surface area contributed by atoms with E-state index in [1.807, 2.05) is 0 Å². The van der Waals surface area contributed by atoms with Crippen molar-refractivity contribution in [2.45, 2.75) is 25.8 Å². The maximum Gasteiger partial charge on any atom is 0.167 e. The van der Waals surface area contributed by atoms with E-state index in [-0.39, 0.29) is 41.7 Å². The van der Waals surface area contributed by atoms with Gasteiger partial charge in [0.05, 0.1) is 5.56 Å². The zero-order valence-electron chi connectivity index (χ0n) is 12.4. The number of hydrogen-bond acceptors (Lipinski definition) is 3. The molecule has 1 aliphatic heterocycles. The molecule has 0 aromatic heterocycles. The Balaban J connectivity index is 0.00000200. The van der Waals surface area contributed by atoms with Crippen LogP contribution in [-0.2, 0) is 0 Å². The highest BCUT2D eigenvalue weighted by atomic mass is 35.5. The molecule has 3 nitrogen and oxygen atoms in total. The topological polar surface area (TPSA) is 32.3 Å². The molecular weight excluding hydrogens is 314 g/mol. The summed E-state index contributed by atoms with van der Waals surface area (Å²) in [4.78, 5) is 14.3. The van der Waals surface area contributed by atoms with Crippen LogP contribution >= 0.6 is 24.8 Å². The molecule has 0 spiro atoms. The number of Topliss-reactive ketones (excluding diaryl/α,β-unsaturated/α-hetero) is 1. The second kappa shape index (κ2) is 8.69. The summed E-state index contributed by atoms with van der Waals surface area (Å²) in [5, 5.41) is 3.35. The number of carbonyl (C=O) groups excluding carboxylic acids is 1. The van der Waals surface area contributed by atoms with E-state index in [1.165, 1.54) is 6.07 Å². The fourth-order valence-corrected chi connectivity index (χ4v) is 2.50. The lowest BCUT2D eigenvalue weighted by atomic mass is 9.99. The molecular formula is C15H23Cl2FN2O. The first-order chi connectivity index (χ1) is 9.00. The summed E-state index contributed by atoms with van der Waals surface area (Å²) in [5.74, 6) is -0.542. The molecule has 1 aromatic carbocycles. The van der Waals surface area contributed by atoms with Crippen molar-refractivity contribution in [3.05, 3.63) is 35.6 Å². The molecule has 0 radical (unpaired) electrons. The number of rotatable bonds is 4. The van der Waals surface area contributed by atoms with Gasteiger partial charge in [-0.05, 0) is 26.0 Å². The van der Waals surface area contributed by atoms with Crippen LogP contribution in [0.5, 0.6) is 0 Å². The molecule has 6 heteroatoms. The van der Waals surface area contributed by atoms with Crippen molar-refractivity contribution in [1.82, 2.24) is 10.2 Å². The normalized spacial score (nSPS) is 17.5. The highest BCUT2D eigenvalue weighted by Crippen LogP contribution is 2.17. The molecule has 1 aromatic rings. The first kappa shape index (κ1) is 20.3. The lowest BCUT2D eigenvalue weighted by Gasteiger charge is -2.42. The van der Waals surface area contributed by atoms with Gasteiger partial charge < -0.3 is 5.32 Å². The number of halogens is 3. The fourth-order valence-electron chi connectivity index (χ4n) is 2.50. The fraction of sp³-hybridized carbons (Fsp3) is 0.533. The molecule has 1 saturated heterocycles. The largest absolute Gasteiger partial charge is 0.314 e. The molecule has 2 rings (SSSR count). The van der Waals surface area contributed by atoms with Gasteiger partial charge in [0, 0.05) is 38.1 Å². The minimum absolute atomic E-state index is 0. The van der Waals surface area contributed by atoms with E-state index in [0.29, 0.717) is 13.0 Å². The molecule has 1 aliphatic rings. The lowest BCUT2D eigenvalue weighted by Crippen LogP contribution is -2.58. The summed E-state index contributed by atoms with van der Waals surface area (Å²) in [6.45, 7) is 7.79. The summed E-state index contributed by atoms with van der Waals surface area (Å²) in [5.41, 5.74) is 0.253. The predicted molar refractivity (Wildman–Crippen MR) is 88.4 cm³/mol. The van der Waals surface area contributed by atoms with Crippen LogP contribution in [0.1, 0.15) is 30.6 Å². The van der Waals surface area contributed by atoms with Crippen LogP contribution in [0.3, 0.4) is 0 Å². The Morgan fingerprint density at radius 2 is 2.00 bits per heavy atom. The van der Waals surface area contributed by atoms with E-state index in [2.05, 4.69) is 24.1 Å². The first-order valence-electron chi connectivity index (χ1n) is 6.74. The van der Waals surface area contributed by atoms with Crippen LogP contribution < -0.4 is 5.32 Å². The second-order valence-corrected chi connectivity index (χ2v) is 5.63. The van der Waals surface area contributed by atoms with Gasteiger partial charge in [-0.3, -0.25) is 9.69 Å². The number of benzene rings is 1. The smallest absolute Gasteiger partial charge is 0.167 e. The van der Waals surface area contributed by atoms with E-state index >= 15 is 0 Å². The molecule has 120 valence electrons. The standard InChI is InChI=1S/C15H21FN2O.2ClH/c1-15(2)11-17-8-10-18(15)9-7-14(19)12-5-3-4-6-13(12)16;;/h3-6,17H,7-11H2,1-2H3;2*1H. The Morgan fingerprint density at radius 3 is 2.62 bits per heavy atom. The Hall–Kier alpha value is -0.680. The third kappa shape index (κ3) is 5.22. The number of ketones is 1. The summed E-state index contributed by atoms with van der Waals surface area (Å²) in [6.07, 6.45) is 0.365. The van der Waals surface area contributed by atoms with Gasteiger partial charge in [0.25, 0.3) is 0 Å². The number of piperazine rings is 1. The third-order valence-electron chi connectivity index (χ3n) is 3.76. The number of nitrogens with one attached hydrogen (secondary N) is 1. The van der Waals surface area contributed by atoms with E-state index in [0.717, 1.165) is 19.6 Å². The SMILES string of the molecule is CC1(C)CNCCN1CCC(=O)c1ccccc1F.Cl.Cl. The molecule has 0 bridgehead atoms. The monoisotopic (exact) mass is 336 g/mol. The molecule has 0 saturated carbocycles. The van der Waals surface area contributed by atoms with Crippen molar-refractivity contribution in [1.29, 1.82) is 0 Å². The van der Waals surface area contributed by atoms with Crippen molar-refractivity contribution >= 4 is 30.6 Å². The van der Waals surface area contributed by atoms with Crippen LogP contribution in [0.2, 0.25) is 0 Å². The van der Waals surface area contributed by atoms with Gasteiger partial charge in [-0.1, -0.05) is 12.1 Å².